The average Bonchev–Trinajstić information content (AvgIpc) is 2.89. The molecule has 0 radical (unpaired) electrons. The largest absolute Gasteiger partial charge is 0.404 e. The second-order valence-electron chi connectivity index (χ2n) is 5.22. The average molecular weight is 304 g/mol. The molecular weight excluding hydrogens is 288 g/mol. The molecule has 0 aliphatic carbocycles. The van der Waals surface area contributed by atoms with E-state index in [0.717, 1.165) is 0 Å². The summed E-state index contributed by atoms with van der Waals surface area (Å²) in [6, 6.07) is 4.85. The van der Waals surface area contributed by atoms with Crippen LogP contribution in [0.5, 0.6) is 0 Å². The van der Waals surface area contributed by atoms with Crippen LogP contribution in [0.15, 0.2) is 24.3 Å². The third kappa shape index (κ3) is 2.88. The molecule has 116 valence electrons. The normalized spacial score (nSPS) is 23.9. The van der Waals surface area contributed by atoms with E-state index in [0.29, 0.717) is 0 Å². The van der Waals surface area contributed by atoms with Crippen molar-refractivity contribution >= 4 is 5.91 Å². The molecule has 0 aromatic heterocycles. The van der Waals surface area contributed by atoms with Crippen LogP contribution < -0.4 is 10.6 Å². The molecule has 1 amide bonds. The van der Waals surface area contributed by atoms with Gasteiger partial charge < -0.3 is 10.6 Å². The molecule has 1 saturated heterocycles. The van der Waals surface area contributed by atoms with Crippen LogP contribution in [-0.4, -0.2) is 25.2 Å². The summed E-state index contributed by atoms with van der Waals surface area (Å²) in [5.74, 6) is -1.67. The molecule has 0 saturated carbocycles. The van der Waals surface area contributed by atoms with E-state index < -0.39 is 35.9 Å². The first kappa shape index (κ1) is 15.8. The Labute approximate surface area is 119 Å². The molecule has 3 nitrogen and oxygen atoms in total. The summed E-state index contributed by atoms with van der Waals surface area (Å²) in [7, 11) is 0. The predicted octanol–water partition coefficient (Wildman–Crippen LogP) is 2.54. The van der Waals surface area contributed by atoms with Gasteiger partial charge in [-0.3, -0.25) is 4.79 Å². The van der Waals surface area contributed by atoms with Crippen LogP contribution in [0.4, 0.5) is 17.6 Å². The van der Waals surface area contributed by atoms with Crippen LogP contribution in [0.3, 0.4) is 0 Å². The second kappa shape index (κ2) is 5.63. The van der Waals surface area contributed by atoms with Crippen molar-refractivity contribution in [3.8, 4) is 0 Å². The molecule has 2 atom stereocenters. The monoisotopic (exact) mass is 304 g/mol. The molecule has 0 spiro atoms. The number of halogens is 4. The lowest BCUT2D eigenvalue weighted by Crippen LogP contribution is -2.52. The predicted molar refractivity (Wildman–Crippen MR) is 68.9 cm³/mol. The fourth-order valence-electron chi connectivity index (χ4n) is 2.50. The summed E-state index contributed by atoms with van der Waals surface area (Å²) in [6.07, 6.45) is -4.96. The van der Waals surface area contributed by atoms with Gasteiger partial charge in [0.1, 0.15) is 5.82 Å². The molecule has 2 unspecified atom stereocenters. The number of carbonyl (C=O) groups excluding carboxylic acids is 1. The lowest BCUT2D eigenvalue weighted by molar-refractivity contribution is -0.216. The molecular formula is C14H16F4N2O. The highest BCUT2D eigenvalue weighted by atomic mass is 19.4. The van der Waals surface area contributed by atoms with Crippen molar-refractivity contribution in [2.45, 2.75) is 25.6 Å². The van der Waals surface area contributed by atoms with E-state index in [4.69, 9.17) is 0 Å². The van der Waals surface area contributed by atoms with Gasteiger partial charge in [-0.2, -0.15) is 13.2 Å². The number of hydrogen-bond acceptors (Lipinski definition) is 2. The van der Waals surface area contributed by atoms with E-state index >= 15 is 0 Å². The second-order valence-corrected chi connectivity index (χ2v) is 5.22. The lowest BCUT2D eigenvalue weighted by atomic mass is 9.84. The molecule has 1 fully saturated rings. The smallest absolute Gasteiger partial charge is 0.349 e. The Kier molecular flexibility index (Phi) is 4.22. The summed E-state index contributed by atoms with van der Waals surface area (Å²) in [6.45, 7) is 1.14. The highest BCUT2D eigenvalue weighted by Gasteiger charge is 2.61. The van der Waals surface area contributed by atoms with Crippen LogP contribution in [0, 0.1) is 11.2 Å². The standard InChI is InChI=1S/C14H16F4N2O/c1-9(10-4-2-3-5-11(10)15)20-12(21)13(14(16,17)18)6-7-19-8-13/h2-5,9,19H,6-8H2,1H3,(H,20,21). The fraction of sp³-hybridized carbons (Fsp3) is 0.500. The van der Waals surface area contributed by atoms with Crippen molar-refractivity contribution in [1.29, 1.82) is 0 Å². The minimum atomic E-state index is -4.64. The van der Waals surface area contributed by atoms with Gasteiger partial charge in [0, 0.05) is 12.1 Å². The van der Waals surface area contributed by atoms with E-state index in [1.807, 2.05) is 0 Å². The summed E-state index contributed by atoms with van der Waals surface area (Å²) < 4.78 is 53.3. The van der Waals surface area contributed by atoms with Crippen molar-refractivity contribution in [2.24, 2.45) is 5.41 Å². The third-order valence-corrected chi connectivity index (χ3v) is 3.85. The van der Waals surface area contributed by atoms with Gasteiger partial charge in [0.15, 0.2) is 5.41 Å². The van der Waals surface area contributed by atoms with Gasteiger partial charge in [-0.25, -0.2) is 4.39 Å². The zero-order chi connectivity index (χ0) is 15.7. The van der Waals surface area contributed by atoms with E-state index in [1.54, 1.807) is 6.07 Å². The van der Waals surface area contributed by atoms with Crippen LogP contribution in [0.25, 0.3) is 0 Å². The van der Waals surface area contributed by atoms with E-state index in [-0.39, 0.29) is 18.5 Å². The maximum absolute atomic E-state index is 13.6. The van der Waals surface area contributed by atoms with Gasteiger partial charge in [0.05, 0.1) is 6.04 Å². The molecule has 1 heterocycles. The van der Waals surface area contributed by atoms with Gasteiger partial charge in [-0.15, -0.1) is 0 Å². The number of hydrogen-bond donors (Lipinski definition) is 2. The highest BCUT2D eigenvalue weighted by Crippen LogP contribution is 2.43. The summed E-state index contributed by atoms with van der Waals surface area (Å²) in [4.78, 5) is 12.1. The maximum atomic E-state index is 13.6. The van der Waals surface area contributed by atoms with Crippen molar-refractivity contribution in [3.05, 3.63) is 35.6 Å². The number of amides is 1. The first-order valence-electron chi connectivity index (χ1n) is 6.61. The van der Waals surface area contributed by atoms with Crippen molar-refractivity contribution in [3.63, 3.8) is 0 Å². The molecule has 0 bridgehead atoms. The van der Waals surface area contributed by atoms with Gasteiger partial charge in [-0.1, -0.05) is 18.2 Å². The third-order valence-electron chi connectivity index (χ3n) is 3.85. The molecule has 2 N–H and O–H groups in total. The quantitative estimate of drug-likeness (QED) is 0.843. The first-order chi connectivity index (χ1) is 9.78. The topological polar surface area (TPSA) is 41.1 Å². The molecule has 7 heteroatoms. The zero-order valence-electron chi connectivity index (χ0n) is 11.4. The lowest BCUT2D eigenvalue weighted by Gasteiger charge is -2.31. The summed E-state index contributed by atoms with van der Waals surface area (Å²) in [5.41, 5.74) is -2.28. The Morgan fingerprint density at radius 3 is 2.57 bits per heavy atom. The van der Waals surface area contributed by atoms with Crippen molar-refractivity contribution in [2.75, 3.05) is 13.1 Å². The van der Waals surface area contributed by atoms with Crippen LogP contribution in [-0.2, 0) is 4.79 Å². The molecule has 1 aromatic carbocycles. The number of alkyl halides is 3. The zero-order valence-corrected chi connectivity index (χ0v) is 11.4. The molecule has 1 aliphatic heterocycles. The van der Waals surface area contributed by atoms with Crippen molar-refractivity contribution < 1.29 is 22.4 Å². The van der Waals surface area contributed by atoms with Crippen LogP contribution >= 0.6 is 0 Å². The number of rotatable bonds is 3. The maximum Gasteiger partial charge on any atom is 0.404 e. The Hall–Kier alpha value is -1.63. The van der Waals surface area contributed by atoms with E-state index in [2.05, 4.69) is 10.6 Å². The molecule has 2 rings (SSSR count). The Bertz CT molecular complexity index is 524. The Morgan fingerprint density at radius 2 is 2.05 bits per heavy atom. The minimum Gasteiger partial charge on any atom is -0.349 e. The van der Waals surface area contributed by atoms with Crippen molar-refractivity contribution in [1.82, 2.24) is 10.6 Å². The fourth-order valence-corrected chi connectivity index (χ4v) is 2.50. The van der Waals surface area contributed by atoms with Gasteiger partial charge >= 0.3 is 6.18 Å². The molecule has 1 aromatic rings. The van der Waals surface area contributed by atoms with Crippen LogP contribution in [0.1, 0.15) is 24.9 Å². The van der Waals surface area contributed by atoms with E-state index in [9.17, 15) is 22.4 Å². The minimum absolute atomic E-state index is 0.126. The SMILES string of the molecule is CC(NC(=O)C1(C(F)(F)F)CCNC1)c1ccccc1F. The van der Waals surface area contributed by atoms with Gasteiger partial charge in [0.25, 0.3) is 0 Å². The van der Waals surface area contributed by atoms with Gasteiger partial charge in [0.2, 0.25) is 5.91 Å². The van der Waals surface area contributed by atoms with Crippen LogP contribution in [0.2, 0.25) is 0 Å². The highest BCUT2D eigenvalue weighted by molar-refractivity contribution is 5.84. The number of benzene rings is 1. The number of nitrogens with one attached hydrogen (secondary N) is 2. The molecule has 1 aliphatic rings. The number of carbonyl (C=O) groups is 1. The summed E-state index contributed by atoms with van der Waals surface area (Å²) >= 11 is 0. The Morgan fingerprint density at radius 1 is 1.38 bits per heavy atom. The first-order valence-corrected chi connectivity index (χ1v) is 6.61. The Balaban J connectivity index is 2.19. The summed E-state index contributed by atoms with van der Waals surface area (Å²) in [5, 5.41) is 4.86. The van der Waals surface area contributed by atoms with Gasteiger partial charge in [-0.05, 0) is 26.0 Å². The molecule has 21 heavy (non-hydrogen) atoms. The van der Waals surface area contributed by atoms with E-state index in [1.165, 1.54) is 25.1 Å².